The van der Waals surface area contributed by atoms with E-state index in [2.05, 4.69) is 17.5 Å². The molecule has 3 aromatic carbocycles. The minimum atomic E-state index is -0.589. The fourth-order valence-corrected chi connectivity index (χ4v) is 4.88. The molecule has 0 fully saturated rings. The summed E-state index contributed by atoms with van der Waals surface area (Å²) < 4.78 is 10.3. The molecule has 0 radical (unpaired) electrons. The zero-order chi connectivity index (χ0) is 24.5. The van der Waals surface area contributed by atoms with Crippen molar-refractivity contribution in [2.75, 3.05) is 12.4 Å². The fraction of sp³-hybridized carbons (Fsp3) is 0.185. The van der Waals surface area contributed by atoms with Gasteiger partial charge in [-0.05, 0) is 53.8 Å². The first-order valence-electron chi connectivity index (χ1n) is 11.2. The molecule has 0 saturated carbocycles. The number of nitrogens with zero attached hydrogens (tertiary/aromatic N) is 1. The SMILES string of the molecule is COC(=O)c1ccccc1OC(=O)c1ccc2c(c1)[C@@H]1C=CC[C@@H]1[C@H](c1cccc([N+](=O)[O-])c1)N2. The quantitative estimate of drug-likeness (QED) is 0.174. The lowest BCUT2D eigenvalue weighted by Crippen LogP contribution is -2.29. The Bertz CT molecular complexity index is 1370. The number of esters is 2. The first-order valence-corrected chi connectivity index (χ1v) is 11.2. The molecule has 0 aromatic heterocycles. The number of hydrogen-bond donors (Lipinski definition) is 1. The Morgan fingerprint density at radius 3 is 2.66 bits per heavy atom. The van der Waals surface area contributed by atoms with Crippen molar-refractivity contribution < 1.29 is 24.0 Å². The highest BCUT2D eigenvalue weighted by Crippen LogP contribution is 2.50. The molecule has 1 aliphatic heterocycles. The lowest BCUT2D eigenvalue weighted by atomic mass is 9.76. The van der Waals surface area contributed by atoms with Crippen LogP contribution in [0.4, 0.5) is 11.4 Å². The summed E-state index contributed by atoms with van der Waals surface area (Å²) in [6.45, 7) is 0. The number of nitro benzene ring substituents is 1. The number of benzene rings is 3. The first kappa shape index (κ1) is 22.3. The highest BCUT2D eigenvalue weighted by Gasteiger charge is 2.38. The van der Waals surface area contributed by atoms with Crippen LogP contribution >= 0.6 is 0 Å². The number of carbonyl (C=O) groups excluding carboxylic acids is 2. The number of carbonyl (C=O) groups is 2. The summed E-state index contributed by atoms with van der Waals surface area (Å²) in [6.07, 6.45) is 5.04. The molecular formula is C27H22N2O6. The molecule has 8 nitrogen and oxygen atoms in total. The molecule has 5 rings (SSSR count). The monoisotopic (exact) mass is 470 g/mol. The number of para-hydroxylation sites is 1. The Morgan fingerprint density at radius 2 is 1.86 bits per heavy atom. The van der Waals surface area contributed by atoms with Crippen molar-refractivity contribution in [1.29, 1.82) is 0 Å². The van der Waals surface area contributed by atoms with Crippen LogP contribution in [0.2, 0.25) is 0 Å². The van der Waals surface area contributed by atoms with Crippen molar-refractivity contribution in [2.24, 2.45) is 5.92 Å². The molecule has 8 heteroatoms. The van der Waals surface area contributed by atoms with Crippen LogP contribution in [0, 0.1) is 16.0 Å². The molecule has 0 unspecified atom stereocenters. The third-order valence-corrected chi connectivity index (χ3v) is 6.53. The molecule has 0 amide bonds. The predicted octanol–water partition coefficient (Wildman–Crippen LogP) is 5.43. The smallest absolute Gasteiger partial charge is 0.343 e. The molecule has 0 spiro atoms. The van der Waals surface area contributed by atoms with Crippen molar-refractivity contribution in [3.63, 3.8) is 0 Å². The van der Waals surface area contributed by atoms with E-state index in [0.717, 1.165) is 23.2 Å². The van der Waals surface area contributed by atoms with Crippen LogP contribution in [0.15, 0.2) is 78.9 Å². The van der Waals surface area contributed by atoms with Gasteiger partial charge in [0.05, 0.1) is 23.6 Å². The van der Waals surface area contributed by atoms with Crippen LogP contribution in [0.5, 0.6) is 5.75 Å². The Morgan fingerprint density at radius 1 is 1.03 bits per heavy atom. The molecule has 176 valence electrons. The largest absolute Gasteiger partial charge is 0.465 e. The Labute approximate surface area is 201 Å². The van der Waals surface area contributed by atoms with Gasteiger partial charge in [0.1, 0.15) is 11.3 Å². The maximum absolute atomic E-state index is 13.0. The van der Waals surface area contributed by atoms with E-state index >= 15 is 0 Å². The van der Waals surface area contributed by atoms with E-state index in [4.69, 9.17) is 9.47 Å². The zero-order valence-corrected chi connectivity index (χ0v) is 18.8. The Kier molecular flexibility index (Phi) is 5.78. The molecule has 1 aliphatic carbocycles. The topological polar surface area (TPSA) is 108 Å². The van der Waals surface area contributed by atoms with Gasteiger partial charge < -0.3 is 14.8 Å². The molecule has 3 aromatic rings. The average molecular weight is 470 g/mol. The number of non-ortho nitro benzene ring substituents is 1. The molecular weight excluding hydrogens is 448 g/mol. The summed E-state index contributed by atoms with van der Waals surface area (Å²) >= 11 is 0. The number of anilines is 1. The van der Waals surface area contributed by atoms with Crippen molar-refractivity contribution in [3.05, 3.63) is 111 Å². The normalized spacial score (nSPS) is 19.7. The highest BCUT2D eigenvalue weighted by molar-refractivity contribution is 5.96. The van der Waals surface area contributed by atoms with Crippen LogP contribution in [0.3, 0.4) is 0 Å². The summed E-state index contributed by atoms with van der Waals surface area (Å²) in [5.74, 6) is -0.844. The van der Waals surface area contributed by atoms with Gasteiger partial charge in [-0.15, -0.1) is 0 Å². The highest BCUT2D eigenvalue weighted by atomic mass is 16.6. The Balaban J connectivity index is 1.44. The van der Waals surface area contributed by atoms with Crippen molar-refractivity contribution >= 4 is 23.3 Å². The van der Waals surface area contributed by atoms with Crippen molar-refractivity contribution in [2.45, 2.75) is 18.4 Å². The summed E-state index contributed by atoms with van der Waals surface area (Å²) in [4.78, 5) is 35.9. The van der Waals surface area contributed by atoms with Crippen LogP contribution < -0.4 is 10.1 Å². The molecule has 1 heterocycles. The second-order valence-corrected chi connectivity index (χ2v) is 8.51. The molecule has 0 saturated heterocycles. The maximum Gasteiger partial charge on any atom is 0.343 e. The number of methoxy groups -OCH3 is 1. The van der Waals surface area contributed by atoms with E-state index in [-0.39, 0.29) is 39.8 Å². The van der Waals surface area contributed by atoms with Crippen LogP contribution in [0.25, 0.3) is 0 Å². The Hall–Kier alpha value is -4.46. The molecule has 0 bridgehead atoms. The minimum Gasteiger partial charge on any atom is -0.465 e. The van der Waals surface area contributed by atoms with E-state index in [1.807, 2.05) is 18.2 Å². The van der Waals surface area contributed by atoms with Gasteiger partial charge in [-0.1, -0.05) is 36.4 Å². The number of rotatable bonds is 5. The predicted molar refractivity (Wildman–Crippen MR) is 129 cm³/mol. The van der Waals surface area contributed by atoms with Crippen LogP contribution in [-0.2, 0) is 4.74 Å². The van der Waals surface area contributed by atoms with Gasteiger partial charge in [-0.25, -0.2) is 9.59 Å². The van der Waals surface area contributed by atoms with E-state index in [9.17, 15) is 19.7 Å². The molecule has 3 atom stereocenters. The number of ether oxygens (including phenoxy) is 2. The number of hydrogen-bond acceptors (Lipinski definition) is 7. The summed E-state index contributed by atoms with van der Waals surface area (Å²) in [7, 11) is 1.27. The van der Waals surface area contributed by atoms with E-state index < -0.39 is 11.9 Å². The lowest BCUT2D eigenvalue weighted by Gasteiger charge is -2.37. The van der Waals surface area contributed by atoms with Crippen molar-refractivity contribution in [1.82, 2.24) is 0 Å². The van der Waals surface area contributed by atoms with Gasteiger partial charge in [0, 0.05) is 23.7 Å². The zero-order valence-electron chi connectivity index (χ0n) is 18.8. The average Bonchev–Trinajstić information content (AvgIpc) is 3.38. The first-order chi connectivity index (χ1) is 17.0. The summed E-state index contributed by atoms with van der Waals surface area (Å²) in [5, 5.41) is 14.8. The second kappa shape index (κ2) is 9.06. The number of allylic oxidation sites excluding steroid dienone is 2. The lowest BCUT2D eigenvalue weighted by molar-refractivity contribution is -0.384. The number of nitro groups is 1. The number of nitrogens with one attached hydrogen (secondary N) is 1. The van der Waals surface area contributed by atoms with E-state index in [1.54, 1.807) is 36.4 Å². The van der Waals surface area contributed by atoms with Gasteiger partial charge >= 0.3 is 11.9 Å². The van der Waals surface area contributed by atoms with E-state index in [0.29, 0.717) is 5.56 Å². The second-order valence-electron chi connectivity index (χ2n) is 8.51. The fourth-order valence-electron chi connectivity index (χ4n) is 4.88. The van der Waals surface area contributed by atoms with Crippen molar-refractivity contribution in [3.8, 4) is 5.75 Å². The molecule has 2 aliphatic rings. The summed E-state index contributed by atoms with van der Waals surface area (Å²) in [6, 6.07) is 18.3. The van der Waals surface area contributed by atoms with Crippen LogP contribution in [0.1, 0.15) is 50.2 Å². The standard InChI is InChI=1S/C27H22N2O6/c1-34-27(31)21-8-2-3-11-24(21)35-26(30)17-12-13-23-22(15-17)19-9-5-10-20(19)25(28-23)16-6-4-7-18(14-16)29(32)33/h2-9,11-15,19-20,25,28H,10H2,1H3/t19-,20+,25+/m1/s1. The maximum atomic E-state index is 13.0. The minimum absolute atomic E-state index is 0.0469. The van der Waals surface area contributed by atoms with Gasteiger partial charge in [-0.2, -0.15) is 0 Å². The number of fused-ring (bicyclic) bond motifs is 3. The van der Waals surface area contributed by atoms with Gasteiger partial charge in [0.2, 0.25) is 0 Å². The van der Waals surface area contributed by atoms with Gasteiger partial charge in [0.15, 0.2) is 0 Å². The van der Waals surface area contributed by atoms with Gasteiger partial charge in [0.25, 0.3) is 5.69 Å². The van der Waals surface area contributed by atoms with E-state index in [1.165, 1.54) is 19.2 Å². The molecule has 35 heavy (non-hydrogen) atoms. The third-order valence-electron chi connectivity index (χ3n) is 6.53. The van der Waals surface area contributed by atoms with Gasteiger partial charge in [-0.3, -0.25) is 10.1 Å². The summed E-state index contributed by atoms with van der Waals surface area (Å²) in [5.41, 5.74) is 3.26. The molecule has 1 N–H and O–H groups in total. The van der Waals surface area contributed by atoms with Crippen LogP contribution in [-0.4, -0.2) is 24.0 Å². The third kappa shape index (κ3) is 4.14.